The molecule has 118 valence electrons. The Kier molecular flexibility index (Phi) is 5.50. The molecule has 4 nitrogen and oxygen atoms in total. The number of hydrogen-bond acceptors (Lipinski definition) is 3. The number of rotatable bonds is 6. The van der Waals surface area contributed by atoms with Crippen molar-refractivity contribution < 1.29 is 22.7 Å². The average molecular weight is 316 g/mol. The molecule has 0 radical (unpaired) electrons. The van der Waals surface area contributed by atoms with E-state index in [1.807, 2.05) is 0 Å². The SMILES string of the molecule is CC(C)(C)S(=O)(=O)CCC(Cc1ccc(F)cc1)C(=O)O. The van der Waals surface area contributed by atoms with Gasteiger partial charge < -0.3 is 5.11 Å². The third-order valence-corrected chi connectivity index (χ3v) is 6.05. The summed E-state index contributed by atoms with van der Waals surface area (Å²) in [5, 5.41) is 9.22. The Bertz CT molecular complexity index is 585. The van der Waals surface area contributed by atoms with Crippen LogP contribution in [0, 0.1) is 11.7 Å². The van der Waals surface area contributed by atoms with E-state index in [0.29, 0.717) is 5.56 Å². The first-order chi connectivity index (χ1) is 9.53. The molecule has 0 aliphatic heterocycles. The average Bonchev–Trinajstić information content (AvgIpc) is 2.35. The molecule has 6 heteroatoms. The van der Waals surface area contributed by atoms with E-state index in [4.69, 9.17) is 0 Å². The van der Waals surface area contributed by atoms with Crippen LogP contribution in [0.5, 0.6) is 0 Å². The fraction of sp³-hybridized carbons (Fsp3) is 0.533. The van der Waals surface area contributed by atoms with Gasteiger partial charge in [-0.25, -0.2) is 12.8 Å². The van der Waals surface area contributed by atoms with Crippen LogP contribution in [0.2, 0.25) is 0 Å². The summed E-state index contributed by atoms with van der Waals surface area (Å²) in [7, 11) is -3.35. The Labute approximate surface area is 124 Å². The van der Waals surface area contributed by atoms with Crippen LogP contribution >= 0.6 is 0 Å². The fourth-order valence-electron chi connectivity index (χ4n) is 1.82. The van der Waals surface area contributed by atoms with Crippen LogP contribution < -0.4 is 0 Å². The third kappa shape index (κ3) is 5.12. The van der Waals surface area contributed by atoms with E-state index in [9.17, 15) is 22.7 Å². The van der Waals surface area contributed by atoms with Gasteiger partial charge >= 0.3 is 5.97 Å². The smallest absolute Gasteiger partial charge is 0.306 e. The monoisotopic (exact) mass is 316 g/mol. The number of sulfone groups is 1. The van der Waals surface area contributed by atoms with Gasteiger partial charge in [-0.3, -0.25) is 4.79 Å². The summed E-state index contributed by atoms with van der Waals surface area (Å²) < 4.78 is 36.0. The highest BCUT2D eigenvalue weighted by molar-refractivity contribution is 7.92. The summed E-state index contributed by atoms with van der Waals surface area (Å²) in [5.74, 6) is -2.40. The molecule has 0 amide bonds. The molecule has 0 spiro atoms. The lowest BCUT2D eigenvalue weighted by Crippen LogP contribution is -2.32. The molecule has 1 unspecified atom stereocenters. The van der Waals surface area contributed by atoms with Crippen molar-refractivity contribution in [3.8, 4) is 0 Å². The van der Waals surface area contributed by atoms with Crippen molar-refractivity contribution in [1.82, 2.24) is 0 Å². The Morgan fingerprint density at radius 2 is 1.76 bits per heavy atom. The molecule has 1 rings (SSSR count). The Hall–Kier alpha value is -1.43. The maximum atomic E-state index is 12.8. The number of halogens is 1. The molecular weight excluding hydrogens is 295 g/mol. The molecule has 0 aromatic heterocycles. The second-order valence-corrected chi connectivity index (χ2v) is 8.95. The van der Waals surface area contributed by atoms with Gasteiger partial charge in [0.1, 0.15) is 5.82 Å². The van der Waals surface area contributed by atoms with Crippen LogP contribution in [0.3, 0.4) is 0 Å². The fourth-order valence-corrected chi connectivity index (χ4v) is 3.03. The van der Waals surface area contributed by atoms with E-state index in [1.54, 1.807) is 20.8 Å². The molecule has 0 bridgehead atoms. The van der Waals surface area contributed by atoms with Crippen molar-refractivity contribution >= 4 is 15.8 Å². The van der Waals surface area contributed by atoms with Gasteiger partial charge in [0.05, 0.1) is 16.4 Å². The Morgan fingerprint density at radius 3 is 2.19 bits per heavy atom. The van der Waals surface area contributed by atoms with Crippen LogP contribution in [-0.4, -0.2) is 30.0 Å². The quantitative estimate of drug-likeness (QED) is 0.876. The lowest BCUT2D eigenvalue weighted by Gasteiger charge is -2.20. The van der Waals surface area contributed by atoms with E-state index in [2.05, 4.69) is 0 Å². The van der Waals surface area contributed by atoms with Crippen molar-refractivity contribution in [2.75, 3.05) is 5.75 Å². The first-order valence-corrected chi connectivity index (χ1v) is 8.38. The van der Waals surface area contributed by atoms with Gasteiger partial charge in [-0.05, 0) is 51.3 Å². The molecule has 0 heterocycles. The number of hydrogen-bond donors (Lipinski definition) is 1. The molecule has 1 aromatic carbocycles. The maximum Gasteiger partial charge on any atom is 0.306 e. The number of carboxylic acids is 1. The van der Waals surface area contributed by atoms with Gasteiger partial charge in [-0.2, -0.15) is 0 Å². The van der Waals surface area contributed by atoms with Gasteiger partial charge in [-0.15, -0.1) is 0 Å². The normalized spacial score (nSPS) is 13.9. The van der Waals surface area contributed by atoms with E-state index in [0.717, 1.165) is 0 Å². The van der Waals surface area contributed by atoms with Crippen molar-refractivity contribution in [1.29, 1.82) is 0 Å². The molecule has 1 atom stereocenters. The highest BCUT2D eigenvalue weighted by atomic mass is 32.2. The van der Waals surface area contributed by atoms with Crippen molar-refractivity contribution in [2.45, 2.75) is 38.4 Å². The largest absolute Gasteiger partial charge is 0.481 e. The van der Waals surface area contributed by atoms with Crippen LogP contribution in [0.4, 0.5) is 4.39 Å². The van der Waals surface area contributed by atoms with Crippen molar-refractivity contribution in [2.24, 2.45) is 5.92 Å². The summed E-state index contributed by atoms with van der Waals surface area (Å²) in [6, 6.07) is 5.56. The highest BCUT2D eigenvalue weighted by Gasteiger charge is 2.30. The number of carboxylic acid groups (broad SMARTS) is 1. The van der Waals surface area contributed by atoms with Gasteiger partial charge in [0.2, 0.25) is 0 Å². The topological polar surface area (TPSA) is 71.4 Å². The maximum absolute atomic E-state index is 12.8. The minimum absolute atomic E-state index is 0.0479. The molecule has 1 N–H and O–H groups in total. The standard InChI is InChI=1S/C15H21FO4S/c1-15(2,3)21(19,20)9-8-12(14(17)18)10-11-4-6-13(16)7-5-11/h4-7,12H,8-10H2,1-3H3,(H,17,18). The number of aliphatic carboxylic acids is 1. The van der Waals surface area contributed by atoms with E-state index < -0.39 is 26.5 Å². The summed E-state index contributed by atoms with van der Waals surface area (Å²) in [4.78, 5) is 11.3. The minimum atomic E-state index is -3.35. The second-order valence-electron chi connectivity index (χ2n) is 6.09. The molecular formula is C15H21FO4S. The zero-order valence-electron chi connectivity index (χ0n) is 12.5. The second kappa shape index (κ2) is 6.56. The molecule has 1 aromatic rings. The highest BCUT2D eigenvalue weighted by Crippen LogP contribution is 2.21. The minimum Gasteiger partial charge on any atom is -0.481 e. The summed E-state index contributed by atoms with van der Waals surface area (Å²) in [6.07, 6.45) is 0.238. The van der Waals surface area contributed by atoms with Crippen molar-refractivity contribution in [3.63, 3.8) is 0 Å². The Balaban J connectivity index is 2.76. The Morgan fingerprint density at radius 1 is 1.24 bits per heavy atom. The van der Waals surface area contributed by atoms with Gasteiger partial charge in [0, 0.05) is 0 Å². The van der Waals surface area contributed by atoms with Crippen LogP contribution in [-0.2, 0) is 21.1 Å². The summed E-state index contributed by atoms with van der Waals surface area (Å²) >= 11 is 0. The van der Waals surface area contributed by atoms with Crippen LogP contribution in [0.1, 0.15) is 32.8 Å². The molecule has 0 saturated carbocycles. The first kappa shape index (κ1) is 17.6. The van der Waals surface area contributed by atoms with Crippen molar-refractivity contribution in [3.05, 3.63) is 35.6 Å². The zero-order valence-corrected chi connectivity index (χ0v) is 13.3. The molecule has 0 aliphatic carbocycles. The predicted molar refractivity (Wildman–Crippen MR) is 79.4 cm³/mol. The van der Waals surface area contributed by atoms with Gasteiger partial charge in [-0.1, -0.05) is 12.1 Å². The zero-order chi connectivity index (χ0) is 16.3. The lowest BCUT2D eigenvalue weighted by molar-refractivity contribution is -0.141. The summed E-state index contributed by atoms with van der Waals surface area (Å²) in [5.41, 5.74) is 0.678. The van der Waals surface area contributed by atoms with E-state index in [-0.39, 0.29) is 24.4 Å². The number of carbonyl (C=O) groups is 1. The van der Waals surface area contributed by atoms with Gasteiger partial charge in [0.25, 0.3) is 0 Å². The van der Waals surface area contributed by atoms with Gasteiger partial charge in [0.15, 0.2) is 9.84 Å². The number of benzene rings is 1. The van der Waals surface area contributed by atoms with Crippen LogP contribution in [0.15, 0.2) is 24.3 Å². The van der Waals surface area contributed by atoms with E-state index in [1.165, 1.54) is 24.3 Å². The predicted octanol–water partition coefficient (Wildman–Crippen LogP) is 2.67. The first-order valence-electron chi connectivity index (χ1n) is 6.72. The van der Waals surface area contributed by atoms with E-state index >= 15 is 0 Å². The summed E-state index contributed by atoms with van der Waals surface area (Å²) in [6.45, 7) is 4.79. The molecule has 0 aliphatic rings. The van der Waals surface area contributed by atoms with Crippen LogP contribution in [0.25, 0.3) is 0 Å². The molecule has 0 saturated heterocycles. The molecule has 0 fully saturated rings. The third-order valence-electron chi connectivity index (χ3n) is 3.41. The molecule has 21 heavy (non-hydrogen) atoms. The lowest BCUT2D eigenvalue weighted by atomic mass is 9.97.